The van der Waals surface area contributed by atoms with E-state index in [0.717, 1.165) is 17.3 Å². The Bertz CT molecular complexity index is 57.9. The summed E-state index contributed by atoms with van der Waals surface area (Å²) < 4.78 is 1.14. The topological polar surface area (TPSA) is 0 Å². The second kappa shape index (κ2) is 15.9. The number of hydrogen-bond donors (Lipinski definition) is 0. The van der Waals surface area contributed by atoms with Crippen LogP contribution in [0.5, 0.6) is 0 Å². The molecule has 0 spiro atoms. The fraction of sp³-hybridized carbons (Fsp3) is 0.600. The molecular weight excluding hydrogens is 338 g/mol. The fourth-order valence-corrected chi connectivity index (χ4v) is 0.537. The maximum absolute atomic E-state index is 6.45. The molecule has 3 heteroatoms. The maximum Gasteiger partial charge on any atom is 2.00 e. The van der Waals surface area contributed by atoms with Crippen LogP contribution in [0.25, 0.3) is 0 Å². The number of hydrogen-bond acceptors (Lipinski definition) is 0. The minimum Gasteiger partial charge on any atom is -1.00 e. The Kier molecular flexibility index (Phi) is 32.6. The molecule has 0 fully saturated rings. The number of alkyl halides is 1. The van der Waals surface area contributed by atoms with Crippen LogP contribution in [0.4, 0.5) is 0 Å². The van der Waals surface area contributed by atoms with Crippen molar-refractivity contribution in [2.75, 3.05) is 4.43 Å². The first kappa shape index (κ1) is 16.4. The average molecular weight is 344 g/mol. The van der Waals surface area contributed by atoms with Gasteiger partial charge in [-0.05, 0) is 12.8 Å². The van der Waals surface area contributed by atoms with Gasteiger partial charge in [-0.1, -0.05) is 22.6 Å². The van der Waals surface area contributed by atoms with Gasteiger partial charge in [0, 0.05) is 4.43 Å². The van der Waals surface area contributed by atoms with Gasteiger partial charge in [-0.3, -0.25) is 0 Å². The molecule has 0 aliphatic rings. The van der Waals surface area contributed by atoms with Gasteiger partial charge in [0.1, 0.15) is 0 Å². The van der Waals surface area contributed by atoms with Crippen LogP contribution in [0.1, 0.15) is 12.8 Å². The van der Waals surface area contributed by atoms with E-state index < -0.39 is 0 Å². The number of halogens is 2. The van der Waals surface area contributed by atoms with Crippen molar-refractivity contribution in [1.82, 2.24) is 0 Å². The first-order valence-electron chi connectivity index (χ1n) is 1.87. The smallest absolute Gasteiger partial charge is 1.00 e. The van der Waals surface area contributed by atoms with E-state index in [2.05, 4.69) is 28.5 Å². The molecule has 0 aromatic carbocycles. The summed E-state index contributed by atoms with van der Waals surface area (Å²) in [5.74, 6) is 2.31. The van der Waals surface area contributed by atoms with Crippen molar-refractivity contribution in [3.63, 3.8) is 0 Å². The second-order valence-corrected chi connectivity index (χ2v) is 2.05. The van der Waals surface area contributed by atoms with E-state index in [1.54, 1.807) is 0 Å². The molecule has 0 saturated heterocycles. The van der Waals surface area contributed by atoms with E-state index >= 15 is 0 Å². The first-order chi connectivity index (χ1) is 2.91. The van der Waals surface area contributed by atoms with Crippen LogP contribution in [0.2, 0.25) is 0 Å². The molecule has 0 aromatic heterocycles. The van der Waals surface area contributed by atoms with E-state index in [1.165, 1.54) is 0 Å². The van der Waals surface area contributed by atoms with Crippen LogP contribution >= 0.6 is 22.6 Å². The zero-order valence-electron chi connectivity index (χ0n) is 4.58. The van der Waals surface area contributed by atoms with Crippen molar-refractivity contribution in [2.45, 2.75) is 12.8 Å². The predicted octanol–water partition coefficient (Wildman–Crippen LogP) is -1.59. The van der Waals surface area contributed by atoms with Gasteiger partial charge < -0.3 is 36.3 Å². The van der Waals surface area contributed by atoms with E-state index in [1.807, 2.05) is 0 Å². The Morgan fingerprint density at radius 2 is 2.00 bits per heavy atom. The minimum atomic E-state index is 0. The molecule has 0 saturated carbocycles. The van der Waals surface area contributed by atoms with Gasteiger partial charge in [0.2, 0.25) is 0 Å². The number of rotatable bonds is 2. The van der Waals surface area contributed by atoms with Crippen molar-refractivity contribution in [2.24, 2.45) is 0 Å². The molecule has 0 unspecified atom stereocenters. The summed E-state index contributed by atoms with van der Waals surface area (Å²) in [6.07, 6.45) is 8.38. The third-order valence-corrected chi connectivity index (χ3v) is 1.20. The molecular formula is C5H6I2Mg. The summed E-state index contributed by atoms with van der Waals surface area (Å²) in [5, 5.41) is 0. The number of unbranched alkanes of at least 4 members (excludes halogenated alkanes) is 1. The zero-order chi connectivity index (χ0) is 4.83. The Morgan fingerprint density at radius 3 is 2.12 bits per heavy atom. The maximum atomic E-state index is 6.45. The zero-order valence-corrected chi connectivity index (χ0v) is 10.3. The molecule has 0 aromatic rings. The Labute approximate surface area is 97.9 Å². The van der Waals surface area contributed by atoms with Gasteiger partial charge >= 0.3 is 23.1 Å². The van der Waals surface area contributed by atoms with Crippen molar-refractivity contribution in [3.8, 4) is 5.92 Å². The van der Waals surface area contributed by atoms with Gasteiger partial charge in [0.05, 0.1) is 0 Å². The molecule has 0 bridgehead atoms. The van der Waals surface area contributed by atoms with Gasteiger partial charge in [-0.2, -0.15) is 0 Å². The molecule has 0 nitrogen and oxygen atoms in total. The third kappa shape index (κ3) is 15.7. The van der Waals surface area contributed by atoms with E-state index in [9.17, 15) is 0 Å². The van der Waals surface area contributed by atoms with Crippen LogP contribution in [-0.2, 0) is 0 Å². The molecule has 42 valence electrons. The molecule has 0 aliphatic heterocycles. The van der Waals surface area contributed by atoms with Gasteiger partial charge in [0.15, 0.2) is 0 Å². The van der Waals surface area contributed by atoms with Crippen molar-refractivity contribution < 1.29 is 24.0 Å². The molecule has 0 radical (unpaired) electrons. The average Bonchev–Trinajstić information content (AvgIpc) is 1.61. The third-order valence-electron chi connectivity index (χ3n) is 0.435. The molecule has 0 atom stereocenters. The monoisotopic (exact) mass is 344 g/mol. The standard InChI is InChI=1S/C5H6I.HI.Mg/c1-2-3-4-5-6;;/h3-5H2;1H;/q-1;;+2/p-1. The van der Waals surface area contributed by atoms with Gasteiger partial charge in [-0.25, -0.2) is 0 Å². The van der Waals surface area contributed by atoms with Crippen LogP contribution < -0.4 is 24.0 Å². The summed E-state index contributed by atoms with van der Waals surface area (Å²) >= 11 is 2.29. The van der Waals surface area contributed by atoms with Crippen molar-refractivity contribution in [1.29, 1.82) is 0 Å². The Balaban J connectivity index is -0.000000125. The van der Waals surface area contributed by atoms with Gasteiger partial charge in [0.25, 0.3) is 0 Å². The van der Waals surface area contributed by atoms with Crippen LogP contribution in [-0.4, -0.2) is 27.5 Å². The first-order valence-corrected chi connectivity index (χ1v) is 3.40. The van der Waals surface area contributed by atoms with Crippen molar-refractivity contribution >= 4 is 45.6 Å². The summed E-state index contributed by atoms with van der Waals surface area (Å²) in [6.45, 7) is 0. The summed E-state index contributed by atoms with van der Waals surface area (Å²) in [5.41, 5.74) is 0. The van der Waals surface area contributed by atoms with E-state index in [4.69, 9.17) is 6.42 Å². The molecule has 0 amide bonds. The van der Waals surface area contributed by atoms with Gasteiger partial charge in [-0.15, -0.1) is 0 Å². The minimum absolute atomic E-state index is 0. The predicted molar refractivity (Wildman–Crippen MR) is 41.0 cm³/mol. The quantitative estimate of drug-likeness (QED) is 0.142. The van der Waals surface area contributed by atoms with Crippen molar-refractivity contribution in [3.05, 3.63) is 6.42 Å². The van der Waals surface area contributed by atoms with E-state index in [-0.39, 0.29) is 47.0 Å². The van der Waals surface area contributed by atoms with Crippen LogP contribution in [0.3, 0.4) is 0 Å². The molecule has 0 heterocycles. The summed E-state index contributed by atoms with van der Waals surface area (Å²) in [6, 6.07) is 0. The fourth-order valence-electron chi connectivity index (χ4n) is 0.155. The largest absolute Gasteiger partial charge is 2.00 e. The summed E-state index contributed by atoms with van der Waals surface area (Å²) in [7, 11) is 0. The van der Waals surface area contributed by atoms with Crippen LogP contribution in [0, 0.1) is 12.3 Å². The summed E-state index contributed by atoms with van der Waals surface area (Å²) in [4.78, 5) is 0. The molecule has 0 N–H and O–H groups in total. The second-order valence-electron chi connectivity index (χ2n) is 0.969. The van der Waals surface area contributed by atoms with Crippen LogP contribution in [0.15, 0.2) is 0 Å². The normalized spacial score (nSPS) is 5.50. The van der Waals surface area contributed by atoms with E-state index in [0.29, 0.717) is 0 Å². The Hall–Kier alpha value is 1.79. The molecule has 0 rings (SSSR count). The molecule has 8 heavy (non-hydrogen) atoms. The molecule has 0 aliphatic carbocycles. The SMILES string of the molecule is [C-]#CCCCI.[I-].[Mg+2]. The Morgan fingerprint density at radius 1 is 1.50 bits per heavy atom.